The Kier molecular flexibility index (Phi) is 6.25. The lowest BCUT2D eigenvalue weighted by Crippen LogP contribution is -2.54. The van der Waals surface area contributed by atoms with Gasteiger partial charge in [0.25, 0.3) is 0 Å². The first-order chi connectivity index (χ1) is 9.27. The highest BCUT2D eigenvalue weighted by Gasteiger charge is 2.48. The van der Waals surface area contributed by atoms with Gasteiger partial charge < -0.3 is 19.4 Å². The Morgan fingerprint density at radius 1 is 1.10 bits per heavy atom. The van der Waals surface area contributed by atoms with Crippen LogP contribution in [0, 0.1) is 0 Å². The molecule has 0 bridgehead atoms. The van der Waals surface area contributed by atoms with Crippen LogP contribution in [0.15, 0.2) is 12.3 Å². The maximum atomic E-state index is 10.3. The molecule has 0 radical (unpaired) electrons. The summed E-state index contributed by atoms with van der Waals surface area (Å²) in [6.07, 6.45) is 1.51. The fourth-order valence-corrected chi connectivity index (χ4v) is 9.04. The van der Waals surface area contributed by atoms with Gasteiger partial charge in [0.15, 0.2) is 0 Å². The van der Waals surface area contributed by atoms with Crippen LogP contribution in [0.1, 0.15) is 41.5 Å². The van der Waals surface area contributed by atoms with E-state index >= 15 is 0 Å². The number of hydrogen-bond acceptors (Lipinski definition) is 4. The average Bonchev–Trinajstić information content (AvgIpc) is 2.36. The van der Waals surface area contributed by atoms with Crippen molar-refractivity contribution in [3.63, 3.8) is 0 Å². The van der Waals surface area contributed by atoms with Gasteiger partial charge in [-0.1, -0.05) is 41.5 Å². The van der Waals surface area contributed by atoms with Crippen LogP contribution in [0.4, 0.5) is 0 Å². The Morgan fingerprint density at radius 3 is 2.00 bits per heavy atom. The van der Waals surface area contributed by atoms with Gasteiger partial charge in [-0.15, -0.1) is 0 Å². The molecule has 0 saturated carbocycles. The van der Waals surface area contributed by atoms with Gasteiger partial charge in [-0.05, 0) is 22.7 Å². The lowest BCUT2D eigenvalue weighted by atomic mass is 10.1. The molecule has 1 rings (SSSR count). The van der Waals surface area contributed by atoms with E-state index in [1.165, 1.54) is 0 Å². The van der Waals surface area contributed by atoms with Crippen molar-refractivity contribution in [3.05, 3.63) is 12.3 Å². The van der Waals surface area contributed by atoms with Crippen molar-refractivity contribution in [2.45, 2.75) is 76.5 Å². The molecule has 5 heteroatoms. The third-order valence-electron chi connectivity index (χ3n) is 4.47. The highest BCUT2D eigenvalue weighted by atomic mass is 28.4. The van der Waals surface area contributed by atoms with Crippen molar-refractivity contribution in [1.29, 1.82) is 0 Å². The minimum atomic E-state index is -2.05. The molecule has 20 heavy (non-hydrogen) atoms. The molecule has 0 aromatic heterocycles. The SMILES string of the molecule is CC(C)[Si](O[C@H]1C=COC(CO)[C@H]1O)(C(C)C)C(C)C. The van der Waals surface area contributed by atoms with E-state index in [4.69, 9.17) is 9.16 Å². The second-order valence-corrected chi connectivity index (χ2v) is 12.0. The summed E-state index contributed by atoms with van der Waals surface area (Å²) in [4.78, 5) is 0. The summed E-state index contributed by atoms with van der Waals surface area (Å²) in [6.45, 7) is 13.1. The van der Waals surface area contributed by atoms with Gasteiger partial charge >= 0.3 is 0 Å². The third-order valence-corrected chi connectivity index (χ3v) is 10.6. The Balaban J connectivity index is 3.01. The molecule has 0 spiro atoms. The summed E-state index contributed by atoms with van der Waals surface area (Å²) in [7, 11) is -2.05. The number of rotatable bonds is 6. The Labute approximate surface area is 123 Å². The maximum absolute atomic E-state index is 10.3. The van der Waals surface area contributed by atoms with Crippen LogP contribution >= 0.6 is 0 Å². The van der Waals surface area contributed by atoms with E-state index in [9.17, 15) is 10.2 Å². The van der Waals surface area contributed by atoms with Gasteiger partial charge in [0.05, 0.1) is 19.0 Å². The largest absolute Gasteiger partial charge is 0.493 e. The molecule has 0 aromatic rings. The normalized spacial score (nSPS) is 27.4. The number of hydrogen-bond donors (Lipinski definition) is 2. The zero-order chi connectivity index (χ0) is 15.5. The highest BCUT2D eigenvalue weighted by Crippen LogP contribution is 2.43. The van der Waals surface area contributed by atoms with Crippen LogP contribution in [0.2, 0.25) is 16.6 Å². The van der Waals surface area contributed by atoms with Crippen molar-refractivity contribution in [1.82, 2.24) is 0 Å². The minimum absolute atomic E-state index is 0.203. The van der Waals surface area contributed by atoms with Gasteiger partial charge in [-0.3, -0.25) is 0 Å². The van der Waals surface area contributed by atoms with Crippen molar-refractivity contribution in [2.24, 2.45) is 0 Å². The second-order valence-electron chi connectivity index (χ2n) is 6.58. The lowest BCUT2D eigenvalue weighted by molar-refractivity contribution is -0.0778. The predicted molar refractivity (Wildman–Crippen MR) is 83.0 cm³/mol. The van der Waals surface area contributed by atoms with Gasteiger partial charge in [0.1, 0.15) is 12.2 Å². The first-order valence-electron chi connectivity index (χ1n) is 7.56. The summed E-state index contributed by atoms with van der Waals surface area (Å²) in [6, 6.07) is 0. The molecule has 3 atom stereocenters. The summed E-state index contributed by atoms with van der Waals surface area (Å²) >= 11 is 0. The Morgan fingerprint density at radius 2 is 1.60 bits per heavy atom. The zero-order valence-electron chi connectivity index (χ0n) is 13.5. The van der Waals surface area contributed by atoms with E-state index in [2.05, 4.69) is 41.5 Å². The molecule has 0 amide bonds. The van der Waals surface area contributed by atoms with Crippen LogP contribution in [0.5, 0.6) is 0 Å². The summed E-state index contributed by atoms with van der Waals surface area (Å²) in [5.41, 5.74) is 1.37. The number of ether oxygens (including phenoxy) is 1. The fourth-order valence-electron chi connectivity index (χ4n) is 3.53. The van der Waals surface area contributed by atoms with Crippen LogP contribution in [-0.2, 0) is 9.16 Å². The van der Waals surface area contributed by atoms with E-state index in [1.54, 1.807) is 12.3 Å². The van der Waals surface area contributed by atoms with Gasteiger partial charge in [0.2, 0.25) is 8.32 Å². The Hall–Kier alpha value is -0.363. The molecular weight excluding hydrogens is 272 g/mol. The molecule has 0 fully saturated rings. The quantitative estimate of drug-likeness (QED) is 0.741. The molecule has 0 saturated heterocycles. The lowest BCUT2D eigenvalue weighted by Gasteiger charge is -2.46. The molecule has 1 aliphatic rings. The van der Waals surface area contributed by atoms with E-state index in [1.807, 2.05) is 0 Å². The van der Waals surface area contributed by atoms with Crippen LogP contribution in [-0.4, -0.2) is 43.4 Å². The molecule has 0 aliphatic carbocycles. The van der Waals surface area contributed by atoms with Crippen LogP contribution in [0.25, 0.3) is 0 Å². The van der Waals surface area contributed by atoms with Crippen LogP contribution in [0.3, 0.4) is 0 Å². The molecule has 118 valence electrons. The van der Waals surface area contributed by atoms with E-state index in [0.29, 0.717) is 16.6 Å². The summed E-state index contributed by atoms with van der Waals surface area (Å²) in [5.74, 6) is 0. The van der Waals surface area contributed by atoms with E-state index in [-0.39, 0.29) is 12.7 Å². The van der Waals surface area contributed by atoms with Gasteiger partial charge in [-0.2, -0.15) is 0 Å². The number of aliphatic hydroxyl groups is 2. The Bertz CT molecular complexity index is 306. The highest BCUT2D eigenvalue weighted by molar-refractivity contribution is 6.77. The van der Waals surface area contributed by atoms with Crippen molar-refractivity contribution in [3.8, 4) is 0 Å². The second kappa shape index (κ2) is 7.07. The fraction of sp³-hybridized carbons (Fsp3) is 0.867. The van der Waals surface area contributed by atoms with Crippen molar-refractivity contribution in [2.75, 3.05) is 6.61 Å². The molecule has 1 aliphatic heterocycles. The minimum Gasteiger partial charge on any atom is -0.493 e. The van der Waals surface area contributed by atoms with E-state index in [0.717, 1.165) is 0 Å². The number of aliphatic hydroxyl groups excluding tert-OH is 2. The summed E-state index contributed by atoms with van der Waals surface area (Å²) < 4.78 is 11.7. The standard InChI is InChI=1S/C15H30O4Si/c1-10(2)20(11(3)4,12(5)6)19-13-7-8-18-14(9-16)15(13)17/h7-8,10-17H,9H2,1-6H3/t13-,14?,15-/m0/s1. The van der Waals surface area contributed by atoms with Crippen LogP contribution < -0.4 is 0 Å². The molecule has 0 aromatic carbocycles. The van der Waals surface area contributed by atoms with Gasteiger partial charge in [-0.25, -0.2) is 0 Å². The van der Waals surface area contributed by atoms with Gasteiger partial charge in [0, 0.05) is 0 Å². The third kappa shape index (κ3) is 3.27. The smallest absolute Gasteiger partial charge is 0.201 e. The molecular formula is C15H30O4Si. The first-order valence-corrected chi connectivity index (χ1v) is 9.70. The van der Waals surface area contributed by atoms with Crippen molar-refractivity contribution < 1.29 is 19.4 Å². The summed E-state index contributed by atoms with van der Waals surface area (Å²) in [5, 5.41) is 19.5. The zero-order valence-corrected chi connectivity index (χ0v) is 14.5. The molecule has 1 heterocycles. The van der Waals surface area contributed by atoms with Crippen molar-refractivity contribution >= 4 is 8.32 Å². The molecule has 1 unspecified atom stereocenters. The average molecular weight is 302 g/mol. The topological polar surface area (TPSA) is 58.9 Å². The first kappa shape index (κ1) is 17.7. The maximum Gasteiger partial charge on any atom is 0.201 e. The van der Waals surface area contributed by atoms with E-state index < -0.39 is 20.5 Å². The monoisotopic (exact) mass is 302 g/mol. The molecule has 2 N–H and O–H groups in total. The molecule has 4 nitrogen and oxygen atoms in total. The predicted octanol–water partition coefficient (Wildman–Crippen LogP) is 2.81.